The summed E-state index contributed by atoms with van der Waals surface area (Å²) >= 11 is 1.16. The van der Waals surface area contributed by atoms with E-state index in [9.17, 15) is 18.0 Å². The van der Waals surface area contributed by atoms with Gasteiger partial charge in [-0.1, -0.05) is 12.1 Å². The van der Waals surface area contributed by atoms with E-state index in [0.29, 0.717) is 25.9 Å². The Morgan fingerprint density at radius 2 is 1.88 bits per heavy atom. The summed E-state index contributed by atoms with van der Waals surface area (Å²) in [6.45, 7) is 0.0513. The zero-order chi connectivity index (χ0) is 16.8. The molecule has 0 bridgehead atoms. The van der Waals surface area contributed by atoms with Crippen LogP contribution in [0.4, 0.5) is 13.2 Å². The molecule has 7 heteroatoms. The van der Waals surface area contributed by atoms with Gasteiger partial charge in [0.25, 0.3) is 5.56 Å². The molecule has 24 heavy (non-hydrogen) atoms. The molecule has 120 valence electrons. The lowest BCUT2D eigenvalue weighted by atomic mass is 10.2. The van der Waals surface area contributed by atoms with E-state index in [1.54, 1.807) is 12.1 Å². The van der Waals surface area contributed by atoms with Gasteiger partial charge in [0.05, 0.1) is 23.8 Å². The van der Waals surface area contributed by atoms with Crippen LogP contribution in [0, 0.1) is 17.5 Å². The first kappa shape index (κ1) is 14.9. The molecule has 0 atom stereocenters. The molecule has 4 aromatic rings. The van der Waals surface area contributed by atoms with E-state index in [0.717, 1.165) is 23.5 Å². The predicted octanol–water partition coefficient (Wildman–Crippen LogP) is 4.08. The molecule has 2 heterocycles. The third-order valence-corrected chi connectivity index (χ3v) is 4.89. The normalized spacial score (nSPS) is 11.5. The minimum absolute atomic E-state index is 0.0513. The highest BCUT2D eigenvalue weighted by atomic mass is 32.1. The van der Waals surface area contributed by atoms with Gasteiger partial charge < -0.3 is 0 Å². The number of fused-ring (bicyclic) bond motifs is 3. The van der Waals surface area contributed by atoms with Gasteiger partial charge in [-0.15, -0.1) is 11.3 Å². The summed E-state index contributed by atoms with van der Waals surface area (Å²) in [5, 5.41) is 0.328. The zero-order valence-corrected chi connectivity index (χ0v) is 12.9. The van der Waals surface area contributed by atoms with Crippen molar-refractivity contribution in [2.75, 3.05) is 0 Å². The second-order valence-corrected chi connectivity index (χ2v) is 6.37. The van der Waals surface area contributed by atoms with Gasteiger partial charge in [-0.05, 0) is 29.8 Å². The molecule has 0 fully saturated rings. The Bertz CT molecular complexity index is 1150. The van der Waals surface area contributed by atoms with E-state index in [1.807, 2.05) is 0 Å². The fraction of sp³-hybridized carbons (Fsp3) is 0.0588. The number of hydrogen-bond acceptors (Lipinski definition) is 3. The van der Waals surface area contributed by atoms with Crippen molar-refractivity contribution >= 4 is 31.6 Å². The van der Waals surface area contributed by atoms with E-state index in [1.165, 1.54) is 23.0 Å². The number of halogens is 3. The molecule has 0 N–H and O–H groups in total. The highest BCUT2D eigenvalue weighted by molar-refractivity contribution is 7.25. The molecule has 0 aliphatic carbocycles. The van der Waals surface area contributed by atoms with Gasteiger partial charge in [-0.3, -0.25) is 9.36 Å². The van der Waals surface area contributed by atoms with Crippen LogP contribution in [0.2, 0.25) is 0 Å². The number of hydrogen-bond donors (Lipinski definition) is 0. The summed E-state index contributed by atoms with van der Waals surface area (Å²) in [5.41, 5.74) is 0.411. The Morgan fingerprint density at radius 3 is 2.67 bits per heavy atom. The third-order valence-electron chi connectivity index (χ3n) is 3.76. The lowest BCUT2D eigenvalue weighted by Gasteiger charge is -2.06. The van der Waals surface area contributed by atoms with Crippen molar-refractivity contribution in [3.63, 3.8) is 0 Å². The maximum Gasteiger partial charge on any atom is 0.271 e. The first-order valence-corrected chi connectivity index (χ1v) is 7.86. The van der Waals surface area contributed by atoms with Crippen molar-refractivity contribution in [3.8, 4) is 0 Å². The molecule has 0 saturated carbocycles. The Morgan fingerprint density at radius 1 is 1.04 bits per heavy atom. The summed E-state index contributed by atoms with van der Waals surface area (Å²) in [6, 6.07) is 8.08. The molecule has 2 aromatic heterocycles. The Hall–Kier alpha value is -2.67. The minimum Gasteiger partial charge on any atom is -0.294 e. The van der Waals surface area contributed by atoms with Crippen LogP contribution in [-0.4, -0.2) is 9.55 Å². The summed E-state index contributed by atoms with van der Waals surface area (Å²) in [6.07, 6.45) is 1.30. The van der Waals surface area contributed by atoms with Crippen LogP contribution in [0.1, 0.15) is 5.56 Å². The molecule has 0 spiro atoms. The highest BCUT2D eigenvalue weighted by Crippen LogP contribution is 2.31. The van der Waals surface area contributed by atoms with Gasteiger partial charge in [0.15, 0.2) is 11.6 Å². The Balaban J connectivity index is 1.87. The highest BCUT2D eigenvalue weighted by Gasteiger charge is 2.15. The molecule has 0 saturated heterocycles. The summed E-state index contributed by atoms with van der Waals surface area (Å²) < 4.78 is 42.6. The van der Waals surface area contributed by atoms with E-state index in [2.05, 4.69) is 4.98 Å². The van der Waals surface area contributed by atoms with Crippen LogP contribution in [0.3, 0.4) is 0 Å². The number of aromatic nitrogens is 2. The molecule has 3 nitrogen and oxygen atoms in total. The summed E-state index contributed by atoms with van der Waals surface area (Å²) in [4.78, 5) is 16.8. The SMILES string of the molecule is O=c1c2sc3cccc(F)c3c2ncn1Cc1ccc(F)c(F)c1. The molecule has 0 aliphatic rings. The molecule has 0 amide bonds. The van der Waals surface area contributed by atoms with Gasteiger partial charge in [0.2, 0.25) is 0 Å². The first-order chi connectivity index (χ1) is 11.5. The number of rotatable bonds is 2. The zero-order valence-electron chi connectivity index (χ0n) is 12.1. The second-order valence-electron chi connectivity index (χ2n) is 5.32. The van der Waals surface area contributed by atoms with Crippen LogP contribution in [0.25, 0.3) is 20.3 Å². The fourth-order valence-electron chi connectivity index (χ4n) is 2.62. The van der Waals surface area contributed by atoms with E-state index in [4.69, 9.17) is 0 Å². The quantitative estimate of drug-likeness (QED) is 0.548. The second kappa shape index (κ2) is 5.45. The number of nitrogens with zero attached hydrogens (tertiary/aromatic N) is 2. The average Bonchev–Trinajstić information content (AvgIpc) is 2.94. The van der Waals surface area contributed by atoms with Crippen LogP contribution in [-0.2, 0) is 6.54 Å². The lowest BCUT2D eigenvalue weighted by Crippen LogP contribution is -2.20. The first-order valence-electron chi connectivity index (χ1n) is 7.04. The lowest BCUT2D eigenvalue weighted by molar-refractivity contribution is 0.506. The third kappa shape index (κ3) is 2.28. The molecule has 0 unspecified atom stereocenters. The Kier molecular flexibility index (Phi) is 3.38. The van der Waals surface area contributed by atoms with Crippen LogP contribution in [0.15, 0.2) is 47.5 Å². The fourth-order valence-corrected chi connectivity index (χ4v) is 3.74. The predicted molar refractivity (Wildman–Crippen MR) is 86.8 cm³/mol. The molecular weight excluding hydrogens is 337 g/mol. The van der Waals surface area contributed by atoms with Crippen molar-refractivity contribution in [3.05, 3.63) is 76.1 Å². The number of thiophene rings is 1. The van der Waals surface area contributed by atoms with Crippen molar-refractivity contribution in [2.24, 2.45) is 0 Å². The van der Waals surface area contributed by atoms with E-state index < -0.39 is 17.5 Å². The average molecular weight is 346 g/mol. The monoisotopic (exact) mass is 346 g/mol. The maximum absolute atomic E-state index is 14.0. The molecule has 0 aliphatic heterocycles. The Labute approximate surface area is 137 Å². The summed E-state index contributed by atoms with van der Waals surface area (Å²) in [7, 11) is 0. The van der Waals surface area contributed by atoms with Crippen LogP contribution < -0.4 is 5.56 Å². The standard InChI is InChI=1S/C17H9F3N2OS/c18-10-5-4-9(6-12(10)20)7-22-8-21-15-14-11(19)2-1-3-13(14)24-16(15)17(22)23/h1-6,8H,7H2. The summed E-state index contributed by atoms with van der Waals surface area (Å²) in [5.74, 6) is -2.35. The van der Waals surface area contributed by atoms with Gasteiger partial charge in [-0.25, -0.2) is 18.2 Å². The van der Waals surface area contributed by atoms with Crippen molar-refractivity contribution in [2.45, 2.75) is 6.54 Å². The van der Waals surface area contributed by atoms with Gasteiger partial charge >= 0.3 is 0 Å². The molecule has 0 radical (unpaired) electrons. The van der Waals surface area contributed by atoms with Gasteiger partial charge in [0.1, 0.15) is 10.5 Å². The van der Waals surface area contributed by atoms with Gasteiger partial charge in [0, 0.05) is 4.70 Å². The molecular formula is C17H9F3N2OS. The van der Waals surface area contributed by atoms with Crippen molar-refractivity contribution in [1.29, 1.82) is 0 Å². The smallest absolute Gasteiger partial charge is 0.271 e. The van der Waals surface area contributed by atoms with Crippen LogP contribution in [0.5, 0.6) is 0 Å². The minimum atomic E-state index is -0.974. The van der Waals surface area contributed by atoms with E-state index >= 15 is 0 Å². The van der Waals surface area contributed by atoms with Crippen molar-refractivity contribution in [1.82, 2.24) is 9.55 Å². The van der Waals surface area contributed by atoms with Crippen LogP contribution >= 0.6 is 11.3 Å². The number of benzene rings is 2. The molecule has 4 rings (SSSR count). The van der Waals surface area contributed by atoms with Crippen molar-refractivity contribution < 1.29 is 13.2 Å². The molecule has 2 aromatic carbocycles. The maximum atomic E-state index is 14.0. The largest absolute Gasteiger partial charge is 0.294 e. The van der Waals surface area contributed by atoms with E-state index in [-0.39, 0.29) is 12.1 Å². The van der Waals surface area contributed by atoms with Gasteiger partial charge in [-0.2, -0.15) is 0 Å². The topological polar surface area (TPSA) is 34.9 Å².